The zero-order chi connectivity index (χ0) is 19.7. The Morgan fingerprint density at radius 2 is 1.96 bits per heavy atom. The summed E-state index contributed by atoms with van der Waals surface area (Å²) in [5, 5.41) is 2.95. The van der Waals surface area contributed by atoms with E-state index in [9.17, 15) is 9.59 Å². The third-order valence-electron chi connectivity index (χ3n) is 5.17. The van der Waals surface area contributed by atoms with Crippen molar-refractivity contribution in [2.75, 3.05) is 42.8 Å². The molecule has 1 N–H and O–H groups in total. The van der Waals surface area contributed by atoms with Crippen molar-refractivity contribution in [3.05, 3.63) is 59.7 Å². The minimum atomic E-state index is -1.01. The Kier molecular flexibility index (Phi) is 5.03. The largest absolute Gasteiger partial charge is 0.383 e. The summed E-state index contributed by atoms with van der Waals surface area (Å²) in [6.07, 6.45) is 0. The highest BCUT2D eigenvalue weighted by Gasteiger charge is 2.59. The lowest BCUT2D eigenvalue weighted by atomic mass is 10.1. The van der Waals surface area contributed by atoms with Crippen LogP contribution in [-0.2, 0) is 14.4 Å². The van der Waals surface area contributed by atoms with Gasteiger partial charge in [-0.3, -0.25) is 9.69 Å². The van der Waals surface area contributed by atoms with Gasteiger partial charge in [0.2, 0.25) is 0 Å². The van der Waals surface area contributed by atoms with Crippen LogP contribution in [0.25, 0.3) is 0 Å². The van der Waals surface area contributed by atoms with Crippen LogP contribution in [0.1, 0.15) is 11.1 Å². The number of amides is 3. The SMILES string of the molecule is COCCN1C(=O)[C@]2(SCCN2C(=O)Nc2ccc(C)cc2)c2ccccc21. The van der Waals surface area contributed by atoms with Crippen molar-refractivity contribution >= 4 is 35.1 Å². The summed E-state index contributed by atoms with van der Waals surface area (Å²) < 4.78 is 5.19. The lowest BCUT2D eigenvalue weighted by Crippen LogP contribution is -2.52. The highest BCUT2D eigenvalue weighted by atomic mass is 32.2. The monoisotopic (exact) mass is 397 g/mol. The third-order valence-corrected chi connectivity index (χ3v) is 6.59. The number of hydrogen-bond acceptors (Lipinski definition) is 4. The number of aryl methyl sites for hydroxylation is 1. The molecule has 1 spiro atoms. The van der Waals surface area contributed by atoms with Gasteiger partial charge in [0.25, 0.3) is 5.91 Å². The smallest absolute Gasteiger partial charge is 0.323 e. The molecule has 1 fully saturated rings. The number of urea groups is 1. The van der Waals surface area contributed by atoms with Gasteiger partial charge in [0.05, 0.1) is 12.3 Å². The summed E-state index contributed by atoms with van der Waals surface area (Å²) in [5.41, 5.74) is 3.57. The number of nitrogens with one attached hydrogen (secondary N) is 1. The molecule has 1 atom stereocenters. The first kappa shape index (κ1) is 18.8. The zero-order valence-corrected chi connectivity index (χ0v) is 16.8. The van der Waals surface area contributed by atoms with Gasteiger partial charge < -0.3 is 15.0 Å². The van der Waals surface area contributed by atoms with Gasteiger partial charge >= 0.3 is 6.03 Å². The van der Waals surface area contributed by atoms with Crippen LogP contribution in [0.4, 0.5) is 16.2 Å². The van der Waals surface area contributed by atoms with Gasteiger partial charge in [-0.15, -0.1) is 11.8 Å². The molecule has 0 unspecified atom stereocenters. The molecule has 6 nitrogen and oxygen atoms in total. The van der Waals surface area contributed by atoms with E-state index in [-0.39, 0.29) is 11.9 Å². The summed E-state index contributed by atoms with van der Waals surface area (Å²) in [6, 6.07) is 15.1. The quantitative estimate of drug-likeness (QED) is 0.859. The van der Waals surface area contributed by atoms with E-state index in [0.29, 0.717) is 25.4 Å². The summed E-state index contributed by atoms with van der Waals surface area (Å²) in [7, 11) is 1.62. The summed E-state index contributed by atoms with van der Waals surface area (Å²) >= 11 is 1.52. The van der Waals surface area contributed by atoms with Crippen LogP contribution in [0.15, 0.2) is 48.5 Å². The highest BCUT2D eigenvalue weighted by molar-refractivity contribution is 8.01. The van der Waals surface area contributed by atoms with Crippen LogP contribution in [0.2, 0.25) is 0 Å². The molecule has 7 heteroatoms. The van der Waals surface area contributed by atoms with Gasteiger partial charge in [0.1, 0.15) is 0 Å². The van der Waals surface area contributed by atoms with E-state index in [1.165, 1.54) is 11.8 Å². The average molecular weight is 398 g/mol. The first-order valence-corrected chi connectivity index (χ1v) is 10.3. The maximum atomic E-state index is 13.5. The Morgan fingerprint density at radius 1 is 1.21 bits per heavy atom. The van der Waals surface area contributed by atoms with Gasteiger partial charge in [-0.25, -0.2) is 4.79 Å². The van der Waals surface area contributed by atoms with Crippen LogP contribution in [0.5, 0.6) is 0 Å². The van der Waals surface area contributed by atoms with Crippen molar-refractivity contribution in [3.8, 4) is 0 Å². The number of thioether (sulfide) groups is 1. The molecule has 2 aliphatic rings. The number of anilines is 2. The number of nitrogens with zero attached hydrogens (tertiary/aromatic N) is 2. The summed E-state index contributed by atoms with van der Waals surface area (Å²) in [6.45, 7) is 3.42. The summed E-state index contributed by atoms with van der Waals surface area (Å²) in [4.78, 5) is 29.1. The molecule has 2 aliphatic heterocycles. The lowest BCUT2D eigenvalue weighted by Gasteiger charge is -2.33. The van der Waals surface area contributed by atoms with Crippen LogP contribution < -0.4 is 10.2 Å². The fraction of sp³-hybridized carbons (Fsp3) is 0.333. The molecule has 4 rings (SSSR count). The number of ether oxygens (including phenoxy) is 1. The fourth-order valence-corrected chi connectivity index (χ4v) is 5.26. The Balaban J connectivity index is 1.68. The van der Waals surface area contributed by atoms with Crippen molar-refractivity contribution < 1.29 is 14.3 Å². The number of rotatable bonds is 4. The third kappa shape index (κ3) is 2.95. The number of fused-ring (bicyclic) bond motifs is 2. The number of carbonyl (C=O) groups excluding carboxylic acids is 2. The highest BCUT2D eigenvalue weighted by Crippen LogP contribution is 2.54. The van der Waals surface area contributed by atoms with Crippen molar-refractivity contribution in [3.63, 3.8) is 0 Å². The second-order valence-corrected chi connectivity index (χ2v) is 8.19. The maximum Gasteiger partial charge on any atom is 0.323 e. The normalized spacial score (nSPS) is 20.7. The minimum Gasteiger partial charge on any atom is -0.383 e. The molecule has 3 amide bonds. The van der Waals surface area contributed by atoms with Crippen LogP contribution in [0.3, 0.4) is 0 Å². The van der Waals surface area contributed by atoms with Crippen molar-refractivity contribution in [1.82, 2.24) is 4.90 Å². The first-order chi connectivity index (χ1) is 13.6. The van der Waals surface area contributed by atoms with E-state index >= 15 is 0 Å². The molecule has 2 aromatic carbocycles. The van der Waals surface area contributed by atoms with Gasteiger partial charge in [0.15, 0.2) is 4.87 Å². The molecule has 0 saturated carbocycles. The standard InChI is InChI=1S/C21H23N3O3S/c1-15-7-9-16(10-8-15)22-20(26)24-12-14-28-21(24)17-5-3-4-6-18(17)23(19(21)25)11-13-27-2/h3-10H,11-14H2,1-2H3,(H,22,26)/t21-/m1/s1. The Bertz CT molecular complexity index is 902. The zero-order valence-electron chi connectivity index (χ0n) is 16.0. The van der Waals surface area contributed by atoms with Gasteiger partial charge in [-0.05, 0) is 25.1 Å². The second-order valence-electron chi connectivity index (χ2n) is 6.91. The predicted molar refractivity (Wildman–Crippen MR) is 112 cm³/mol. The number of methoxy groups -OCH3 is 1. The van der Waals surface area contributed by atoms with Crippen molar-refractivity contribution in [1.29, 1.82) is 0 Å². The fourth-order valence-electron chi connectivity index (χ4n) is 3.80. The topological polar surface area (TPSA) is 61.9 Å². The second kappa shape index (κ2) is 7.48. The molecule has 0 bridgehead atoms. The first-order valence-electron chi connectivity index (χ1n) is 9.27. The Labute approximate surface area is 168 Å². The number of carbonyl (C=O) groups is 2. The molecule has 2 aromatic rings. The van der Waals surface area contributed by atoms with Gasteiger partial charge in [-0.2, -0.15) is 0 Å². The molecule has 1 saturated heterocycles. The minimum absolute atomic E-state index is 0.0766. The number of para-hydroxylation sites is 1. The van der Waals surface area contributed by atoms with Gasteiger partial charge in [-0.1, -0.05) is 35.9 Å². The maximum absolute atomic E-state index is 13.5. The lowest BCUT2D eigenvalue weighted by molar-refractivity contribution is -0.123. The van der Waals surface area contributed by atoms with Crippen LogP contribution in [-0.4, -0.2) is 49.4 Å². The van der Waals surface area contributed by atoms with Crippen LogP contribution in [0, 0.1) is 6.92 Å². The van der Waals surface area contributed by atoms with E-state index in [0.717, 1.165) is 22.5 Å². The summed E-state index contributed by atoms with van der Waals surface area (Å²) in [5.74, 6) is 0.631. The van der Waals surface area contributed by atoms with E-state index in [1.807, 2.05) is 55.5 Å². The van der Waals surface area contributed by atoms with E-state index < -0.39 is 4.87 Å². The molecular weight excluding hydrogens is 374 g/mol. The van der Waals surface area contributed by atoms with Crippen molar-refractivity contribution in [2.45, 2.75) is 11.8 Å². The van der Waals surface area contributed by atoms with Crippen LogP contribution >= 0.6 is 11.8 Å². The van der Waals surface area contributed by atoms with E-state index in [1.54, 1.807) is 16.9 Å². The predicted octanol–water partition coefficient (Wildman–Crippen LogP) is 3.42. The molecule has 28 heavy (non-hydrogen) atoms. The molecule has 0 aromatic heterocycles. The molecule has 146 valence electrons. The molecule has 2 heterocycles. The Morgan fingerprint density at radius 3 is 2.71 bits per heavy atom. The number of hydrogen-bond donors (Lipinski definition) is 1. The molecular formula is C21H23N3O3S. The molecule has 0 radical (unpaired) electrons. The van der Waals surface area contributed by atoms with Gasteiger partial charge in [0, 0.05) is 37.2 Å². The Hall–Kier alpha value is -2.51. The van der Waals surface area contributed by atoms with Crippen molar-refractivity contribution in [2.24, 2.45) is 0 Å². The van der Waals surface area contributed by atoms with E-state index in [4.69, 9.17) is 4.74 Å². The van der Waals surface area contributed by atoms with E-state index in [2.05, 4.69) is 5.32 Å². The number of benzene rings is 2. The molecule has 0 aliphatic carbocycles. The average Bonchev–Trinajstić information content (AvgIpc) is 3.25.